The second-order valence-corrected chi connectivity index (χ2v) is 6.12. The Morgan fingerprint density at radius 2 is 2.05 bits per heavy atom. The van der Waals surface area contributed by atoms with Gasteiger partial charge in [-0.05, 0) is 19.4 Å². The van der Waals surface area contributed by atoms with Crippen LogP contribution in [0.2, 0.25) is 0 Å². The van der Waals surface area contributed by atoms with Gasteiger partial charge in [-0.3, -0.25) is 10.1 Å². The molecule has 1 rings (SSSR count). The quantitative estimate of drug-likeness (QED) is 0.614. The maximum absolute atomic E-state index is 13.7. The first-order chi connectivity index (χ1) is 8.71. The fraction of sp³-hybridized carbons (Fsp3) is 0.455. The first-order valence-corrected chi connectivity index (χ1v) is 7.07. The van der Waals surface area contributed by atoms with Crippen LogP contribution in [0.15, 0.2) is 23.1 Å². The molecule has 0 saturated carbocycles. The number of nitro benzene ring substituents is 1. The molecule has 1 aromatic rings. The summed E-state index contributed by atoms with van der Waals surface area (Å²) in [5.74, 6) is -1.12. The normalized spacial score (nSPS) is 13.5. The Balaban J connectivity index is 3.27. The van der Waals surface area contributed by atoms with Gasteiger partial charge < -0.3 is 0 Å². The van der Waals surface area contributed by atoms with E-state index in [2.05, 4.69) is 0 Å². The van der Waals surface area contributed by atoms with Crippen molar-refractivity contribution < 1.29 is 17.7 Å². The molecule has 106 valence electrons. The van der Waals surface area contributed by atoms with E-state index in [4.69, 9.17) is 0 Å². The van der Waals surface area contributed by atoms with Crippen LogP contribution in [0, 0.1) is 15.9 Å². The summed E-state index contributed by atoms with van der Waals surface area (Å²) in [6, 6.07) is 2.21. The van der Waals surface area contributed by atoms with Gasteiger partial charge in [0, 0.05) is 19.2 Å². The van der Waals surface area contributed by atoms with Crippen molar-refractivity contribution in [3.05, 3.63) is 34.1 Å². The van der Waals surface area contributed by atoms with Gasteiger partial charge in [0.15, 0.2) is 0 Å². The molecule has 0 unspecified atom stereocenters. The minimum absolute atomic E-state index is 0.292. The molecule has 0 spiro atoms. The monoisotopic (exact) mass is 290 g/mol. The van der Waals surface area contributed by atoms with Gasteiger partial charge in [-0.25, -0.2) is 12.8 Å². The summed E-state index contributed by atoms with van der Waals surface area (Å²) in [4.78, 5) is 9.15. The Kier molecular flexibility index (Phi) is 4.59. The Morgan fingerprint density at radius 1 is 1.47 bits per heavy atom. The van der Waals surface area contributed by atoms with Crippen LogP contribution in [0.5, 0.6) is 0 Å². The van der Waals surface area contributed by atoms with Gasteiger partial charge in [0.05, 0.1) is 11.0 Å². The number of benzene rings is 1. The molecule has 0 saturated heterocycles. The van der Waals surface area contributed by atoms with Gasteiger partial charge in [0.2, 0.25) is 10.0 Å². The number of rotatable bonds is 5. The Bertz CT molecular complexity index is 588. The number of hydrogen-bond donors (Lipinski definition) is 0. The number of nitrogens with zero attached hydrogens (tertiary/aromatic N) is 2. The lowest BCUT2D eigenvalue weighted by atomic mass is 10.3. The summed E-state index contributed by atoms with van der Waals surface area (Å²) in [6.45, 7) is 3.50. The highest BCUT2D eigenvalue weighted by molar-refractivity contribution is 7.89. The van der Waals surface area contributed by atoms with Gasteiger partial charge in [0.1, 0.15) is 10.7 Å². The Morgan fingerprint density at radius 3 is 2.47 bits per heavy atom. The Labute approximate surface area is 111 Å². The summed E-state index contributed by atoms with van der Waals surface area (Å²) in [6.07, 6.45) is 0.574. The zero-order valence-corrected chi connectivity index (χ0v) is 11.6. The number of hydrogen-bond acceptors (Lipinski definition) is 4. The van der Waals surface area contributed by atoms with E-state index in [1.54, 1.807) is 6.92 Å². The molecule has 6 nitrogen and oxygen atoms in total. The average Bonchev–Trinajstić information content (AvgIpc) is 2.36. The summed E-state index contributed by atoms with van der Waals surface area (Å²) < 4.78 is 39.1. The zero-order valence-electron chi connectivity index (χ0n) is 10.8. The van der Waals surface area contributed by atoms with E-state index in [0.717, 1.165) is 16.4 Å². The lowest BCUT2D eigenvalue weighted by Crippen LogP contribution is -2.35. The lowest BCUT2D eigenvalue weighted by Gasteiger charge is -2.23. The molecule has 19 heavy (non-hydrogen) atoms. The van der Waals surface area contributed by atoms with Crippen LogP contribution < -0.4 is 0 Å². The molecule has 0 aliphatic rings. The van der Waals surface area contributed by atoms with Crippen molar-refractivity contribution >= 4 is 15.7 Å². The Hall–Kier alpha value is -1.54. The first-order valence-electron chi connectivity index (χ1n) is 5.63. The summed E-state index contributed by atoms with van der Waals surface area (Å²) in [5.41, 5.74) is -0.484. The largest absolute Gasteiger partial charge is 0.272 e. The fourth-order valence-corrected chi connectivity index (χ4v) is 2.94. The SMILES string of the molecule is CC[C@@H](C)N(C)S(=O)(=O)c1ccc([N+](=O)[O-])cc1F. The van der Waals surface area contributed by atoms with Gasteiger partial charge in [-0.1, -0.05) is 6.92 Å². The predicted octanol–water partition coefficient (Wildman–Crippen LogP) is 2.15. The molecule has 0 bridgehead atoms. The standard InChI is InChI=1S/C11H15FN2O4S/c1-4-8(2)13(3)19(17,18)11-6-5-9(14(15)16)7-10(11)12/h5-8H,4H2,1-3H3/t8-/m1/s1. The highest BCUT2D eigenvalue weighted by Crippen LogP contribution is 2.24. The molecule has 0 radical (unpaired) electrons. The summed E-state index contributed by atoms with van der Waals surface area (Å²) in [5, 5.41) is 10.5. The summed E-state index contributed by atoms with van der Waals surface area (Å²) >= 11 is 0. The van der Waals surface area contributed by atoms with Crippen LogP contribution in [-0.2, 0) is 10.0 Å². The van der Waals surface area contributed by atoms with E-state index in [-0.39, 0.29) is 6.04 Å². The molecule has 0 amide bonds. The van der Waals surface area contributed by atoms with Gasteiger partial charge >= 0.3 is 0 Å². The minimum Gasteiger partial charge on any atom is -0.258 e. The fourth-order valence-electron chi connectivity index (χ4n) is 1.46. The van der Waals surface area contributed by atoms with Crippen molar-refractivity contribution in [3.8, 4) is 0 Å². The van der Waals surface area contributed by atoms with E-state index in [1.165, 1.54) is 7.05 Å². The van der Waals surface area contributed by atoms with Crippen LogP contribution in [0.4, 0.5) is 10.1 Å². The van der Waals surface area contributed by atoms with Crippen LogP contribution in [0.3, 0.4) is 0 Å². The maximum Gasteiger partial charge on any atom is 0.272 e. The van der Waals surface area contributed by atoms with Gasteiger partial charge in [0.25, 0.3) is 5.69 Å². The predicted molar refractivity (Wildman–Crippen MR) is 67.8 cm³/mol. The highest BCUT2D eigenvalue weighted by Gasteiger charge is 2.28. The number of non-ortho nitro benzene ring substituents is 1. The molecule has 0 heterocycles. The molecular weight excluding hydrogens is 275 g/mol. The molecule has 0 aliphatic heterocycles. The van der Waals surface area contributed by atoms with E-state index in [0.29, 0.717) is 12.5 Å². The van der Waals surface area contributed by atoms with Crippen molar-refractivity contribution in [1.82, 2.24) is 4.31 Å². The van der Waals surface area contributed by atoms with Crippen LogP contribution >= 0.6 is 0 Å². The number of sulfonamides is 1. The van der Waals surface area contributed by atoms with Crippen LogP contribution in [-0.4, -0.2) is 30.7 Å². The highest BCUT2D eigenvalue weighted by atomic mass is 32.2. The maximum atomic E-state index is 13.7. The van der Waals surface area contributed by atoms with Crippen molar-refractivity contribution in [2.75, 3.05) is 7.05 Å². The second kappa shape index (κ2) is 5.62. The van der Waals surface area contributed by atoms with Crippen molar-refractivity contribution in [1.29, 1.82) is 0 Å². The first kappa shape index (κ1) is 15.5. The van der Waals surface area contributed by atoms with E-state index in [9.17, 15) is 22.9 Å². The molecule has 1 aromatic carbocycles. The molecule has 0 aliphatic carbocycles. The molecule has 1 atom stereocenters. The number of nitro groups is 1. The smallest absolute Gasteiger partial charge is 0.258 e. The minimum atomic E-state index is -3.99. The van der Waals surface area contributed by atoms with Crippen LogP contribution in [0.25, 0.3) is 0 Å². The zero-order chi connectivity index (χ0) is 14.8. The van der Waals surface area contributed by atoms with Gasteiger partial charge in [-0.15, -0.1) is 0 Å². The molecule has 0 N–H and O–H groups in total. The summed E-state index contributed by atoms with van der Waals surface area (Å²) in [7, 11) is -2.64. The number of halogens is 1. The van der Waals surface area contributed by atoms with Crippen molar-refractivity contribution in [3.63, 3.8) is 0 Å². The molecular formula is C11H15FN2O4S. The molecule has 0 aromatic heterocycles. The van der Waals surface area contributed by atoms with Crippen molar-refractivity contribution in [2.24, 2.45) is 0 Å². The lowest BCUT2D eigenvalue weighted by molar-refractivity contribution is -0.385. The van der Waals surface area contributed by atoms with E-state index < -0.39 is 31.3 Å². The van der Waals surface area contributed by atoms with Crippen molar-refractivity contribution in [2.45, 2.75) is 31.2 Å². The molecule has 8 heteroatoms. The van der Waals surface area contributed by atoms with E-state index >= 15 is 0 Å². The topological polar surface area (TPSA) is 80.5 Å². The average molecular weight is 290 g/mol. The third kappa shape index (κ3) is 3.07. The molecule has 0 fully saturated rings. The van der Waals surface area contributed by atoms with E-state index in [1.807, 2.05) is 6.92 Å². The second-order valence-electron chi connectivity index (χ2n) is 4.15. The third-order valence-electron chi connectivity index (χ3n) is 2.99. The van der Waals surface area contributed by atoms with Crippen LogP contribution in [0.1, 0.15) is 20.3 Å². The third-order valence-corrected chi connectivity index (χ3v) is 5.00. The van der Waals surface area contributed by atoms with Gasteiger partial charge in [-0.2, -0.15) is 4.31 Å².